The third kappa shape index (κ3) is 2.08. The number of aliphatic imine (C=N–C) groups is 1. The third-order valence-corrected chi connectivity index (χ3v) is 2.30. The topological polar surface area (TPSA) is 38.7 Å². The molecule has 3 nitrogen and oxygen atoms in total. The number of esters is 1. The van der Waals surface area contributed by atoms with E-state index in [9.17, 15) is 4.79 Å². The number of methoxy groups -OCH3 is 1. The van der Waals surface area contributed by atoms with Gasteiger partial charge >= 0.3 is 5.97 Å². The molecule has 1 aromatic rings. The predicted octanol–water partition coefficient (Wildman–Crippen LogP) is 0.632. The van der Waals surface area contributed by atoms with E-state index in [4.69, 9.17) is 0 Å². The summed E-state index contributed by atoms with van der Waals surface area (Å²) in [4.78, 5) is 15.4. The Morgan fingerprint density at radius 2 is 2.12 bits per heavy atom. The SMILES string of the molecule is COC(=O)c1ccc2/c(c1)=C\C=C/N=C\C=2. The minimum atomic E-state index is -0.323. The van der Waals surface area contributed by atoms with Crippen molar-refractivity contribution in [2.45, 2.75) is 0 Å². The maximum Gasteiger partial charge on any atom is 0.337 e. The fourth-order valence-corrected chi connectivity index (χ4v) is 1.49. The second-order valence-electron chi connectivity index (χ2n) is 3.31. The zero-order valence-corrected chi connectivity index (χ0v) is 8.88. The van der Waals surface area contributed by atoms with Crippen molar-refractivity contribution in [3.63, 3.8) is 0 Å². The fourth-order valence-electron chi connectivity index (χ4n) is 1.49. The van der Waals surface area contributed by atoms with Crippen LogP contribution in [0.2, 0.25) is 0 Å². The first-order chi connectivity index (χ1) is 7.81. The summed E-state index contributed by atoms with van der Waals surface area (Å²) >= 11 is 0. The largest absolute Gasteiger partial charge is 0.465 e. The molecule has 1 aromatic carbocycles. The summed E-state index contributed by atoms with van der Waals surface area (Å²) in [6.45, 7) is 0. The first kappa shape index (κ1) is 10.4. The van der Waals surface area contributed by atoms with Crippen molar-refractivity contribution in [3.8, 4) is 0 Å². The molecular formula is C13H11NO2. The lowest BCUT2D eigenvalue weighted by atomic mass is 10.1. The van der Waals surface area contributed by atoms with Crippen molar-refractivity contribution in [3.05, 3.63) is 46.5 Å². The Labute approximate surface area is 93.1 Å². The van der Waals surface area contributed by atoms with Gasteiger partial charge in [0.15, 0.2) is 0 Å². The maximum absolute atomic E-state index is 11.4. The number of carbonyl (C=O) groups is 1. The first-order valence-electron chi connectivity index (χ1n) is 4.90. The number of carbonyl (C=O) groups excluding carboxylic acids is 1. The van der Waals surface area contributed by atoms with E-state index in [1.165, 1.54) is 7.11 Å². The van der Waals surface area contributed by atoms with Gasteiger partial charge < -0.3 is 4.74 Å². The van der Waals surface area contributed by atoms with Crippen LogP contribution in [-0.2, 0) is 4.74 Å². The molecule has 0 N–H and O–H groups in total. The van der Waals surface area contributed by atoms with Gasteiger partial charge in [0.2, 0.25) is 0 Å². The van der Waals surface area contributed by atoms with Crippen LogP contribution in [0, 0.1) is 0 Å². The average Bonchev–Trinajstić information content (AvgIpc) is 2.28. The molecule has 16 heavy (non-hydrogen) atoms. The Kier molecular flexibility index (Phi) is 2.96. The van der Waals surface area contributed by atoms with Gasteiger partial charge in [0.25, 0.3) is 0 Å². The van der Waals surface area contributed by atoms with Crippen molar-refractivity contribution in [2.75, 3.05) is 7.11 Å². The van der Waals surface area contributed by atoms with E-state index in [0.717, 1.165) is 10.4 Å². The van der Waals surface area contributed by atoms with E-state index in [1.54, 1.807) is 24.5 Å². The summed E-state index contributed by atoms with van der Waals surface area (Å²) in [6, 6.07) is 5.43. The van der Waals surface area contributed by atoms with Gasteiger partial charge in [0, 0.05) is 12.4 Å². The molecule has 0 saturated carbocycles. The molecule has 1 aliphatic rings. The standard InChI is InChI=1S/C13H11NO2/c1-16-13(15)12-5-4-10-6-8-14-7-2-3-11(10)9-12/h2-9H,1H3/b3-2?,7-2-,8-6?,10-6-,11-3-,14-7?,14-8-. The summed E-state index contributed by atoms with van der Waals surface area (Å²) in [5.41, 5.74) is 0.553. The highest BCUT2D eigenvalue weighted by atomic mass is 16.5. The molecule has 0 saturated heterocycles. The van der Waals surface area contributed by atoms with Gasteiger partial charge in [-0.1, -0.05) is 12.1 Å². The van der Waals surface area contributed by atoms with Crippen molar-refractivity contribution in [1.29, 1.82) is 0 Å². The smallest absolute Gasteiger partial charge is 0.337 e. The van der Waals surface area contributed by atoms with E-state index in [0.29, 0.717) is 5.56 Å². The quantitative estimate of drug-likeness (QED) is 0.642. The van der Waals surface area contributed by atoms with Crippen LogP contribution >= 0.6 is 0 Å². The molecule has 0 bridgehead atoms. The second-order valence-corrected chi connectivity index (χ2v) is 3.31. The zero-order valence-electron chi connectivity index (χ0n) is 8.88. The molecule has 0 radical (unpaired) electrons. The Bertz CT molecular complexity index is 582. The number of fused-ring (bicyclic) bond motifs is 1. The minimum Gasteiger partial charge on any atom is -0.465 e. The van der Waals surface area contributed by atoms with Crippen LogP contribution in [0.25, 0.3) is 12.2 Å². The molecule has 0 aromatic heterocycles. The predicted molar refractivity (Wildman–Crippen MR) is 63.6 cm³/mol. The highest BCUT2D eigenvalue weighted by Gasteiger charge is 2.03. The molecule has 0 fully saturated rings. The van der Waals surface area contributed by atoms with Crippen LogP contribution < -0.4 is 10.4 Å². The summed E-state index contributed by atoms with van der Waals surface area (Å²) < 4.78 is 4.68. The number of ether oxygens (including phenoxy) is 1. The number of hydrogen-bond donors (Lipinski definition) is 0. The van der Waals surface area contributed by atoms with E-state index in [1.807, 2.05) is 24.3 Å². The first-order valence-corrected chi connectivity index (χ1v) is 4.90. The summed E-state index contributed by atoms with van der Waals surface area (Å²) in [5, 5.41) is 2.01. The third-order valence-electron chi connectivity index (χ3n) is 2.30. The number of rotatable bonds is 1. The van der Waals surface area contributed by atoms with Gasteiger partial charge in [-0.2, -0.15) is 0 Å². The van der Waals surface area contributed by atoms with Gasteiger partial charge in [-0.3, -0.25) is 4.99 Å². The molecule has 0 spiro atoms. The van der Waals surface area contributed by atoms with Crippen LogP contribution in [0.4, 0.5) is 0 Å². The zero-order chi connectivity index (χ0) is 11.4. The molecule has 0 unspecified atom stereocenters. The van der Waals surface area contributed by atoms with Crippen molar-refractivity contribution in [1.82, 2.24) is 0 Å². The van der Waals surface area contributed by atoms with Crippen molar-refractivity contribution < 1.29 is 9.53 Å². The van der Waals surface area contributed by atoms with Crippen LogP contribution in [0.15, 0.2) is 35.5 Å². The van der Waals surface area contributed by atoms with E-state index >= 15 is 0 Å². The van der Waals surface area contributed by atoms with Crippen LogP contribution in [0.5, 0.6) is 0 Å². The lowest BCUT2D eigenvalue weighted by Gasteiger charge is -1.99. The van der Waals surface area contributed by atoms with Gasteiger partial charge in [-0.15, -0.1) is 0 Å². The minimum absolute atomic E-state index is 0.323. The summed E-state index contributed by atoms with van der Waals surface area (Å²) in [6.07, 6.45) is 9.07. The monoisotopic (exact) mass is 213 g/mol. The van der Waals surface area contributed by atoms with Gasteiger partial charge in [0.1, 0.15) is 0 Å². The van der Waals surface area contributed by atoms with Crippen LogP contribution in [-0.4, -0.2) is 19.3 Å². The Hall–Kier alpha value is -2.16. The molecule has 3 heteroatoms. The van der Waals surface area contributed by atoms with E-state index < -0.39 is 0 Å². The van der Waals surface area contributed by atoms with Crippen molar-refractivity contribution in [2.24, 2.45) is 4.99 Å². The highest BCUT2D eigenvalue weighted by Crippen LogP contribution is 1.95. The summed E-state index contributed by atoms with van der Waals surface area (Å²) in [7, 11) is 1.38. The number of hydrogen-bond acceptors (Lipinski definition) is 3. The molecule has 1 aliphatic heterocycles. The summed E-state index contributed by atoms with van der Waals surface area (Å²) in [5.74, 6) is -0.323. The lowest BCUT2D eigenvalue weighted by molar-refractivity contribution is 0.0600. The molecular weight excluding hydrogens is 202 g/mol. The van der Waals surface area contributed by atoms with E-state index in [2.05, 4.69) is 9.73 Å². The average molecular weight is 213 g/mol. The molecule has 80 valence electrons. The fraction of sp³-hybridized carbons (Fsp3) is 0.0769. The lowest BCUT2D eigenvalue weighted by Crippen LogP contribution is -2.26. The van der Waals surface area contributed by atoms with Gasteiger partial charge in [-0.25, -0.2) is 4.79 Å². The Morgan fingerprint density at radius 1 is 1.25 bits per heavy atom. The Morgan fingerprint density at radius 3 is 2.94 bits per heavy atom. The van der Waals surface area contributed by atoms with Crippen LogP contribution in [0.1, 0.15) is 10.4 Å². The molecule has 0 amide bonds. The number of allylic oxidation sites excluding steroid dienone is 1. The number of nitrogens with zero attached hydrogens (tertiary/aromatic N) is 1. The molecule has 0 atom stereocenters. The van der Waals surface area contributed by atoms with Gasteiger partial charge in [0.05, 0.1) is 12.7 Å². The van der Waals surface area contributed by atoms with E-state index in [-0.39, 0.29) is 5.97 Å². The Balaban J connectivity index is 2.62. The second kappa shape index (κ2) is 4.57. The van der Waals surface area contributed by atoms with Gasteiger partial charge in [-0.05, 0) is 34.7 Å². The highest BCUT2D eigenvalue weighted by molar-refractivity contribution is 5.92. The number of benzene rings is 1. The van der Waals surface area contributed by atoms with Crippen LogP contribution in [0.3, 0.4) is 0 Å². The maximum atomic E-state index is 11.4. The normalized spacial score (nSPS) is 21.1. The molecule has 1 heterocycles. The van der Waals surface area contributed by atoms with Crippen molar-refractivity contribution >= 4 is 24.3 Å². The molecule has 0 aliphatic carbocycles. The molecule has 2 rings (SSSR count).